The molecule has 0 atom stereocenters. The molecular weight excluding hydrogens is 278 g/mol. The zero-order valence-electron chi connectivity index (χ0n) is 13.7. The third-order valence-electron chi connectivity index (χ3n) is 3.03. The first-order chi connectivity index (χ1) is 10.5. The minimum Gasteiger partial charge on any atom is -0.507 e. The van der Waals surface area contributed by atoms with Gasteiger partial charge in [-0.15, -0.1) is 0 Å². The Bertz CT molecular complexity index is 507. The van der Waals surface area contributed by atoms with E-state index in [1.165, 1.54) is 7.05 Å². The van der Waals surface area contributed by atoms with Crippen LogP contribution in [0.5, 0.6) is 5.75 Å². The van der Waals surface area contributed by atoms with Crippen LogP contribution in [0.15, 0.2) is 41.7 Å². The molecule has 0 aliphatic heterocycles. The number of nitrogens with zero attached hydrogens (tertiary/aromatic N) is 1. The number of nitrogens with two attached hydrogens (primary N) is 4. The average molecular weight is 307 g/mol. The second-order valence-corrected chi connectivity index (χ2v) is 4.55. The molecule has 0 aliphatic rings. The molecule has 0 aliphatic carbocycles. The fraction of sp³-hybridized carbons (Fsp3) is 0.375. The van der Waals surface area contributed by atoms with Crippen molar-refractivity contribution in [3.05, 3.63) is 47.3 Å². The zero-order valence-corrected chi connectivity index (χ0v) is 13.7. The fourth-order valence-corrected chi connectivity index (χ4v) is 2.00. The molecule has 6 nitrogen and oxygen atoms in total. The first-order valence-corrected chi connectivity index (χ1v) is 7.25. The van der Waals surface area contributed by atoms with Crippen molar-refractivity contribution in [2.45, 2.75) is 13.8 Å². The van der Waals surface area contributed by atoms with E-state index < -0.39 is 0 Å². The molecule has 0 spiro atoms. The quantitative estimate of drug-likeness (QED) is 0.493. The first kappa shape index (κ1) is 19.8. The van der Waals surface area contributed by atoms with Crippen LogP contribution in [-0.4, -0.2) is 36.7 Å². The van der Waals surface area contributed by atoms with Gasteiger partial charge in [0.15, 0.2) is 0 Å². The van der Waals surface area contributed by atoms with Crippen LogP contribution in [0, 0.1) is 0 Å². The number of benzene rings is 1. The van der Waals surface area contributed by atoms with E-state index in [0.29, 0.717) is 30.0 Å². The van der Waals surface area contributed by atoms with Crippen LogP contribution < -0.4 is 22.9 Å². The van der Waals surface area contributed by atoms with Crippen molar-refractivity contribution in [2.75, 3.05) is 26.7 Å². The maximum Gasteiger partial charge on any atom is 0.124 e. The Hall–Kier alpha value is -2.18. The van der Waals surface area contributed by atoms with Crippen molar-refractivity contribution < 1.29 is 5.11 Å². The molecule has 1 rings (SSSR count). The number of hydrogen-bond donors (Lipinski definition) is 5. The third kappa shape index (κ3) is 5.67. The molecule has 22 heavy (non-hydrogen) atoms. The Morgan fingerprint density at radius 3 is 2.27 bits per heavy atom. The predicted molar refractivity (Wildman–Crippen MR) is 93.6 cm³/mol. The first-order valence-electron chi connectivity index (χ1n) is 7.25. The van der Waals surface area contributed by atoms with Gasteiger partial charge in [-0.25, -0.2) is 0 Å². The smallest absolute Gasteiger partial charge is 0.124 e. The summed E-state index contributed by atoms with van der Waals surface area (Å²) in [4.78, 5) is 2.06. The summed E-state index contributed by atoms with van der Waals surface area (Å²) in [6.07, 6.45) is 1.78. The topological polar surface area (TPSA) is 128 Å². The molecule has 1 aromatic rings. The highest BCUT2D eigenvalue weighted by molar-refractivity contribution is 5.69. The van der Waals surface area contributed by atoms with Gasteiger partial charge in [0.2, 0.25) is 0 Å². The van der Waals surface area contributed by atoms with Gasteiger partial charge < -0.3 is 32.9 Å². The summed E-state index contributed by atoms with van der Waals surface area (Å²) in [5.41, 5.74) is 24.7. The SMILES string of the molecule is CCN(CCN)C(/C=C(\N)c1ccccc1O)=C(\C)N.CN. The highest BCUT2D eigenvalue weighted by Gasteiger charge is 2.10. The predicted octanol–water partition coefficient (Wildman–Crippen LogP) is 0.738. The highest BCUT2D eigenvalue weighted by atomic mass is 16.3. The molecule has 0 aromatic heterocycles. The van der Waals surface area contributed by atoms with Crippen molar-refractivity contribution in [1.82, 2.24) is 4.90 Å². The van der Waals surface area contributed by atoms with Crippen LogP contribution in [0.2, 0.25) is 0 Å². The number of allylic oxidation sites excluding steroid dienone is 2. The molecule has 0 fully saturated rings. The summed E-state index contributed by atoms with van der Waals surface area (Å²) in [5, 5.41) is 9.83. The summed E-state index contributed by atoms with van der Waals surface area (Å²) in [6.45, 7) is 5.87. The highest BCUT2D eigenvalue weighted by Crippen LogP contribution is 2.23. The van der Waals surface area contributed by atoms with E-state index in [2.05, 4.69) is 10.6 Å². The molecule has 0 saturated heterocycles. The van der Waals surface area contributed by atoms with Crippen LogP contribution in [0.25, 0.3) is 5.70 Å². The van der Waals surface area contributed by atoms with Gasteiger partial charge in [0.05, 0.1) is 5.70 Å². The van der Waals surface area contributed by atoms with Gasteiger partial charge in [0.1, 0.15) is 5.75 Å². The van der Waals surface area contributed by atoms with Crippen LogP contribution in [0.3, 0.4) is 0 Å². The normalized spacial score (nSPS) is 12.1. The van der Waals surface area contributed by atoms with Crippen LogP contribution in [-0.2, 0) is 0 Å². The lowest BCUT2D eigenvalue weighted by molar-refractivity contribution is 0.379. The van der Waals surface area contributed by atoms with Crippen molar-refractivity contribution in [1.29, 1.82) is 0 Å². The van der Waals surface area contributed by atoms with E-state index in [0.717, 1.165) is 12.2 Å². The molecule has 0 radical (unpaired) electrons. The van der Waals surface area contributed by atoms with Crippen LogP contribution in [0.1, 0.15) is 19.4 Å². The molecule has 0 bridgehead atoms. The lowest BCUT2D eigenvalue weighted by Crippen LogP contribution is -2.30. The summed E-state index contributed by atoms with van der Waals surface area (Å²) in [7, 11) is 1.50. The summed E-state index contributed by atoms with van der Waals surface area (Å²) >= 11 is 0. The third-order valence-corrected chi connectivity index (χ3v) is 3.03. The van der Waals surface area contributed by atoms with Gasteiger partial charge >= 0.3 is 0 Å². The number of rotatable bonds is 6. The van der Waals surface area contributed by atoms with Crippen molar-refractivity contribution in [3.8, 4) is 5.75 Å². The number of likely N-dealkylation sites (N-methyl/N-ethyl adjacent to an activating group) is 1. The number of hydrogen-bond acceptors (Lipinski definition) is 6. The number of para-hydroxylation sites is 1. The van der Waals surface area contributed by atoms with E-state index in [1.807, 2.05) is 19.9 Å². The largest absolute Gasteiger partial charge is 0.507 e. The summed E-state index contributed by atoms with van der Waals surface area (Å²) in [5.74, 6) is 0.150. The molecule has 0 saturated carbocycles. The molecular formula is C16H29N5O. The van der Waals surface area contributed by atoms with E-state index in [1.54, 1.807) is 24.3 Å². The summed E-state index contributed by atoms with van der Waals surface area (Å²) in [6, 6.07) is 6.95. The van der Waals surface area contributed by atoms with E-state index >= 15 is 0 Å². The van der Waals surface area contributed by atoms with Crippen LogP contribution in [0.4, 0.5) is 0 Å². The lowest BCUT2D eigenvalue weighted by atomic mass is 10.1. The molecule has 124 valence electrons. The molecule has 0 heterocycles. The Balaban J connectivity index is 0.00000211. The van der Waals surface area contributed by atoms with Gasteiger partial charge in [-0.2, -0.15) is 0 Å². The Kier molecular flexibility index (Phi) is 9.49. The Morgan fingerprint density at radius 2 is 1.82 bits per heavy atom. The standard InChI is InChI=1S/C15H24N4O.CH5N/c1-3-19(9-8-16)14(11(2)17)10-13(18)12-6-4-5-7-15(12)20;1-2/h4-7,10,20H,3,8-9,16-18H2,1-2H3;2H2,1H3/b13-10-,14-11+;. The monoisotopic (exact) mass is 307 g/mol. The average Bonchev–Trinajstić information content (AvgIpc) is 2.52. The van der Waals surface area contributed by atoms with Crippen molar-refractivity contribution in [3.63, 3.8) is 0 Å². The van der Waals surface area contributed by atoms with E-state index in [4.69, 9.17) is 17.2 Å². The van der Waals surface area contributed by atoms with Crippen molar-refractivity contribution >= 4 is 5.70 Å². The lowest BCUT2D eigenvalue weighted by Gasteiger charge is -2.25. The minimum atomic E-state index is 0.150. The number of aromatic hydroxyl groups is 1. The van der Waals surface area contributed by atoms with Crippen molar-refractivity contribution in [2.24, 2.45) is 22.9 Å². The van der Waals surface area contributed by atoms with Gasteiger partial charge in [-0.1, -0.05) is 12.1 Å². The van der Waals surface area contributed by atoms with Gasteiger partial charge in [-0.05, 0) is 39.1 Å². The molecule has 0 amide bonds. The van der Waals surface area contributed by atoms with E-state index in [9.17, 15) is 5.11 Å². The van der Waals surface area contributed by atoms with Crippen LogP contribution >= 0.6 is 0 Å². The summed E-state index contributed by atoms with van der Waals surface area (Å²) < 4.78 is 0. The number of phenols is 1. The molecule has 9 N–H and O–H groups in total. The zero-order chi connectivity index (χ0) is 17.1. The van der Waals surface area contributed by atoms with Gasteiger partial charge in [0.25, 0.3) is 0 Å². The molecule has 1 aromatic carbocycles. The number of phenolic OH excluding ortho intramolecular Hbond substituents is 1. The van der Waals surface area contributed by atoms with E-state index in [-0.39, 0.29) is 5.75 Å². The minimum absolute atomic E-state index is 0.150. The fourth-order valence-electron chi connectivity index (χ4n) is 2.00. The van der Waals surface area contributed by atoms with Gasteiger partial charge in [-0.3, -0.25) is 0 Å². The second-order valence-electron chi connectivity index (χ2n) is 4.55. The maximum absolute atomic E-state index is 9.83. The second kappa shape index (κ2) is 10.5. The maximum atomic E-state index is 9.83. The van der Waals surface area contributed by atoms with Gasteiger partial charge in [0, 0.05) is 36.6 Å². The Labute approximate surface area is 133 Å². The molecule has 0 unspecified atom stereocenters. The molecule has 6 heteroatoms. The Morgan fingerprint density at radius 1 is 1.23 bits per heavy atom.